The Morgan fingerprint density at radius 3 is 2.34 bits per heavy atom. The van der Waals surface area contributed by atoms with Gasteiger partial charge in [0.05, 0.1) is 27.9 Å². The molecule has 9 heteroatoms. The van der Waals surface area contributed by atoms with E-state index in [1.165, 1.54) is 18.2 Å². The summed E-state index contributed by atoms with van der Waals surface area (Å²) in [6.07, 6.45) is -1.18. The molecule has 0 bridgehead atoms. The van der Waals surface area contributed by atoms with Crippen molar-refractivity contribution in [3.8, 4) is 22.5 Å². The third-order valence-corrected chi connectivity index (χ3v) is 4.78. The van der Waals surface area contributed by atoms with Crippen LogP contribution in [0.1, 0.15) is 25.2 Å². The van der Waals surface area contributed by atoms with E-state index in [0.29, 0.717) is 33.9 Å². The van der Waals surface area contributed by atoms with Gasteiger partial charge in [-0.25, -0.2) is 9.97 Å². The molecule has 3 aromatic heterocycles. The number of pyridine rings is 2. The summed E-state index contributed by atoms with van der Waals surface area (Å²) in [7, 11) is 0. The summed E-state index contributed by atoms with van der Waals surface area (Å²) in [5, 5.41) is 10.4. The summed E-state index contributed by atoms with van der Waals surface area (Å²) >= 11 is 0. The molecule has 0 fully saturated rings. The van der Waals surface area contributed by atoms with Gasteiger partial charge in [0.15, 0.2) is 0 Å². The first-order valence-electron chi connectivity index (χ1n) is 9.76. The number of rotatable bonds is 4. The van der Waals surface area contributed by atoms with E-state index in [1.807, 2.05) is 0 Å². The number of hydrogen-bond acceptors (Lipinski definition) is 5. The van der Waals surface area contributed by atoms with E-state index < -0.39 is 22.9 Å². The number of benzene rings is 1. The van der Waals surface area contributed by atoms with Crippen LogP contribution in [-0.2, 0) is 12.6 Å². The Hall–Kier alpha value is -3.59. The fraction of sp³-hybridized carbons (Fsp3) is 0.217. The molecule has 1 aromatic carbocycles. The number of aromatic amines is 1. The molecule has 32 heavy (non-hydrogen) atoms. The average Bonchev–Trinajstić information content (AvgIpc) is 2.72. The van der Waals surface area contributed by atoms with Gasteiger partial charge in [-0.3, -0.25) is 9.78 Å². The van der Waals surface area contributed by atoms with Crippen LogP contribution in [-0.4, -0.2) is 30.6 Å². The Bertz CT molecular complexity index is 1330. The Labute approximate surface area is 180 Å². The monoisotopic (exact) mass is 440 g/mol. The minimum atomic E-state index is -4.45. The van der Waals surface area contributed by atoms with Crippen LogP contribution in [0, 0.1) is 0 Å². The Morgan fingerprint density at radius 2 is 1.75 bits per heavy atom. The van der Waals surface area contributed by atoms with Crippen molar-refractivity contribution < 1.29 is 18.3 Å². The summed E-state index contributed by atoms with van der Waals surface area (Å²) in [4.78, 5) is 28.8. The predicted molar refractivity (Wildman–Crippen MR) is 114 cm³/mol. The van der Waals surface area contributed by atoms with Crippen LogP contribution >= 0.6 is 0 Å². The maximum atomic E-state index is 12.9. The number of nitrogens with one attached hydrogen (secondary N) is 1. The zero-order chi connectivity index (χ0) is 23.1. The van der Waals surface area contributed by atoms with Gasteiger partial charge in [-0.2, -0.15) is 13.2 Å². The van der Waals surface area contributed by atoms with Crippen LogP contribution in [0.4, 0.5) is 13.2 Å². The van der Waals surface area contributed by atoms with Crippen LogP contribution in [0.2, 0.25) is 0 Å². The van der Waals surface area contributed by atoms with Crippen LogP contribution < -0.4 is 5.56 Å². The predicted octanol–water partition coefficient (Wildman–Crippen LogP) is 4.38. The van der Waals surface area contributed by atoms with Crippen molar-refractivity contribution in [1.82, 2.24) is 19.9 Å². The topological polar surface area (TPSA) is 91.8 Å². The number of aromatic nitrogens is 4. The van der Waals surface area contributed by atoms with Gasteiger partial charge in [0, 0.05) is 29.9 Å². The minimum absolute atomic E-state index is 0.116. The molecular weight excluding hydrogens is 421 g/mol. The number of H-pyrrole nitrogens is 1. The third kappa shape index (κ3) is 4.52. The molecule has 0 unspecified atom stereocenters. The van der Waals surface area contributed by atoms with E-state index in [2.05, 4.69) is 19.9 Å². The summed E-state index contributed by atoms with van der Waals surface area (Å²) in [5.74, 6) is 0.296. The standard InChI is InChI=1S/C23H19F3N4O2/c1-22(2,32)11-18-29-20-16(21(31)30-18)10-17(28-19(20)14-4-3-9-27-12-14)13-5-7-15(8-6-13)23(24,25)26/h3-10,12,32H,11H2,1-2H3,(H,29,30,31). The highest BCUT2D eigenvalue weighted by atomic mass is 19.4. The molecule has 0 saturated heterocycles. The summed E-state index contributed by atoms with van der Waals surface area (Å²) in [6.45, 7) is 3.20. The number of aliphatic hydroxyl groups is 1. The fourth-order valence-electron chi connectivity index (χ4n) is 3.36. The molecule has 6 nitrogen and oxygen atoms in total. The van der Waals surface area contributed by atoms with E-state index in [9.17, 15) is 23.1 Å². The van der Waals surface area contributed by atoms with Gasteiger partial charge < -0.3 is 10.1 Å². The van der Waals surface area contributed by atoms with Gasteiger partial charge in [0.1, 0.15) is 11.3 Å². The summed E-state index contributed by atoms with van der Waals surface area (Å²) in [5.41, 5.74) is -0.271. The van der Waals surface area contributed by atoms with Crippen molar-refractivity contribution in [2.24, 2.45) is 0 Å². The van der Waals surface area contributed by atoms with Gasteiger partial charge in [-0.05, 0) is 44.2 Å². The van der Waals surface area contributed by atoms with Crippen LogP contribution in [0.3, 0.4) is 0 Å². The lowest BCUT2D eigenvalue weighted by Crippen LogP contribution is -2.25. The number of alkyl halides is 3. The molecular formula is C23H19F3N4O2. The van der Waals surface area contributed by atoms with Crippen molar-refractivity contribution in [2.45, 2.75) is 32.0 Å². The molecule has 0 saturated carbocycles. The van der Waals surface area contributed by atoms with Gasteiger partial charge >= 0.3 is 6.18 Å². The van der Waals surface area contributed by atoms with E-state index in [4.69, 9.17) is 0 Å². The van der Waals surface area contributed by atoms with Gasteiger partial charge in [0.25, 0.3) is 5.56 Å². The summed E-state index contributed by atoms with van der Waals surface area (Å²) < 4.78 is 38.8. The second-order valence-electron chi connectivity index (χ2n) is 8.07. The van der Waals surface area contributed by atoms with Gasteiger partial charge in [0.2, 0.25) is 0 Å². The smallest absolute Gasteiger partial charge is 0.390 e. The Balaban J connectivity index is 1.94. The molecule has 0 aliphatic rings. The minimum Gasteiger partial charge on any atom is -0.390 e. The normalized spacial score (nSPS) is 12.3. The zero-order valence-electron chi connectivity index (χ0n) is 17.2. The van der Waals surface area contributed by atoms with Crippen LogP contribution in [0.25, 0.3) is 33.4 Å². The molecule has 4 rings (SSSR count). The highest BCUT2D eigenvalue weighted by molar-refractivity contribution is 5.93. The van der Waals surface area contributed by atoms with Crippen LogP contribution in [0.15, 0.2) is 59.7 Å². The van der Waals surface area contributed by atoms with E-state index in [0.717, 1.165) is 12.1 Å². The molecule has 2 N–H and O–H groups in total. The lowest BCUT2D eigenvalue weighted by atomic mass is 10.0. The maximum absolute atomic E-state index is 12.9. The largest absolute Gasteiger partial charge is 0.416 e. The quantitative estimate of drug-likeness (QED) is 0.491. The first kappa shape index (κ1) is 21.6. The molecule has 0 aliphatic heterocycles. The van der Waals surface area contributed by atoms with Crippen molar-refractivity contribution in [3.05, 3.63) is 76.6 Å². The second-order valence-corrected chi connectivity index (χ2v) is 8.07. The highest BCUT2D eigenvalue weighted by Crippen LogP contribution is 2.32. The van der Waals surface area contributed by atoms with E-state index >= 15 is 0 Å². The number of hydrogen-bond donors (Lipinski definition) is 2. The maximum Gasteiger partial charge on any atom is 0.416 e. The molecule has 4 aromatic rings. The van der Waals surface area contributed by atoms with E-state index in [1.54, 1.807) is 38.4 Å². The lowest BCUT2D eigenvalue weighted by molar-refractivity contribution is -0.137. The average molecular weight is 440 g/mol. The molecule has 0 amide bonds. The molecule has 3 heterocycles. The van der Waals surface area contributed by atoms with E-state index in [-0.39, 0.29) is 11.8 Å². The highest BCUT2D eigenvalue weighted by Gasteiger charge is 2.30. The van der Waals surface area contributed by atoms with Gasteiger partial charge in [-0.15, -0.1) is 0 Å². The number of nitrogens with zero attached hydrogens (tertiary/aromatic N) is 3. The van der Waals surface area contributed by atoms with Crippen molar-refractivity contribution >= 4 is 10.9 Å². The number of fused-ring (bicyclic) bond motifs is 1. The Kier molecular flexibility index (Phi) is 5.29. The molecule has 164 valence electrons. The second kappa shape index (κ2) is 7.83. The molecule has 0 aliphatic carbocycles. The lowest BCUT2D eigenvalue weighted by Gasteiger charge is -2.17. The van der Waals surface area contributed by atoms with Crippen molar-refractivity contribution in [2.75, 3.05) is 0 Å². The molecule has 0 radical (unpaired) electrons. The SMILES string of the molecule is CC(C)(O)Cc1nc2c(-c3cccnc3)nc(-c3ccc(C(F)(F)F)cc3)cc2c(=O)[nH]1. The first-order valence-corrected chi connectivity index (χ1v) is 9.76. The van der Waals surface area contributed by atoms with Crippen LogP contribution in [0.5, 0.6) is 0 Å². The molecule has 0 atom stereocenters. The van der Waals surface area contributed by atoms with Gasteiger partial charge in [-0.1, -0.05) is 12.1 Å². The first-order chi connectivity index (χ1) is 15.0. The number of halogens is 3. The zero-order valence-corrected chi connectivity index (χ0v) is 17.2. The van der Waals surface area contributed by atoms with Crippen molar-refractivity contribution in [1.29, 1.82) is 0 Å². The Morgan fingerprint density at radius 1 is 1.03 bits per heavy atom. The third-order valence-electron chi connectivity index (χ3n) is 4.78. The molecule has 0 spiro atoms. The fourth-order valence-corrected chi connectivity index (χ4v) is 3.36. The van der Waals surface area contributed by atoms with Crippen molar-refractivity contribution in [3.63, 3.8) is 0 Å². The summed E-state index contributed by atoms with van der Waals surface area (Å²) in [6, 6.07) is 9.53.